The Bertz CT molecular complexity index is 119. The van der Waals surface area contributed by atoms with E-state index in [1.165, 1.54) is 64.5 Å². The van der Waals surface area contributed by atoms with Gasteiger partial charge in [-0.05, 0) is 19.4 Å². The van der Waals surface area contributed by atoms with Crippen molar-refractivity contribution in [3.63, 3.8) is 0 Å². The maximum absolute atomic E-state index is 2.66. The SMILES string of the molecule is C1CCCCC2CN2CCCC1. The van der Waals surface area contributed by atoms with E-state index < -0.39 is 0 Å². The molecule has 2 saturated heterocycles. The molecule has 2 heterocycles. The number of rotatable bonds is 0. The van der Waals surface area contributed by atoms with E-state index in [9.17, 15) is 0 Å². The van der Waals surface area contributed by atoms with E-state index in [0.29, 0.717) is 0 Å². The molecule has 0 amide bonds. The molecule has 2 aliphatic heterocycles. The van der Waals surface area contributed by atoms with Crippen LogP contribution in [-0.4, -0.2) is 24.0 Å². The molecule has 1 nitrogen and oxygen atoms in total. The molecule has 0 saturated carbocycles. The van der Waals surface area contributed by atoms with Crippen molar-refractivity contribution in [2.45, 2.75) is 57.4 Å². The summed E-state index contributed by atoms with van der Waals surface area (Å²) in [5.41, 5.74) is 0. The van der Waals surface area contributed by atoms with Gasteiger partial charge in [0.2, 0.25) is 0 Å². The summed E-state index contributed by atoms with van der Waals surface area (Å²) in [6.45, 7) is 2.81. The molecule has 0 aromatic heterocycles. The quantitative estimate of drug-likeness (QED) is 0.501. The van der Waals surface area contributed by atoms with Crippen molar-refractivity contribution >= 4 is 0 Å². The number of fused-ring (bicyclic) bond motifs is 1. The van der Waals surface area contributed by atoms with E-state index in [4.69, 9.17) is 0 Å². The molecule has 1 heteroatoms. The summed E-state index contributed by atoms with van der Waals surface area (Å²) in [5.74, 6) is 0. The predicted octanol–water partition coefficient (Wildman–Crippen LogP) is 2.81. The van der Waals surface area contributed by atoms with Gasteiger partial charge in [-0.3, -0.25) is 4.90 Å². The molecular formula is C11H21N. The van der Waals surface area contributed by atoms with Gasteiger partial charge in [0.15, 0.2) is 0 Å². The molecule has 2 aliphatic rings. The second-order valence-corrected chi connectivity index (χ2v) is 4.41. The third-order valence-electron chi connectivity index (χ3n) is 3.31. The summed E-state index contributed by atoms with van der Waals surface area (Å²) in [6.07, 6.45) is 11.9. The number of hydrogen-bond acceptors (Lipinski definition) is 1. The van der Waals surface area contributed by atoms with Crippen LogP contribution in [0.15, 0.2) is 0 Å². The predicted molar refractivity (Wildman–Crippen MR) is 52.3 cm³/mol. The first-order chi connectivity index (χ1) is 5.97. The van der Waals surface area contributed by atoms with Crippen LogP contribution in [0.25, 0.3) is 0 Å². The summed E-state index contributed by atoms with van der Waals surface area (Å²) in [4.78, 5) is 2.66. The molecule has 12 heavy (non-hydrogen) atoms. The lowest BCUT2D eigenvalue weighted by Gasteiger charge is -2.00. The van der Waals surface area contributed by atoms with Crippen molar-refractivity contribution < 1.29 is 0 Å². The van der Waals surface area contributed by atoms with Crippen molar-refractivity contribution in [1.82, 2.24) is 4.90 Å². The van der Waals surface area contributed by atoms with Crippen LogP contribution in [0.3, 0.4) is 0 Å². The fourth-order valence-corrected chi connectivity index (χ4v) is 2.35. The maximum atomic E-state index is 2.66. The van der Waals surface area contributed by atoms with E-state index in [0.717, 1.165) is 6.04 Å². The van der Waals surface area contributed by atoms with E-state index in [1.54, 1.807) is 0 Å². The first-order valence-electron chi connectivity index (χ1n) is 5.71. The lowest BCUT2D eigenvalue weighted by Crippen LogP contribution is -2.03. The van der Waals surface area contributed by atoms with E-state index >= 15 is 0 Å². The Morgan fingerprint density at radius 3 is 2.25 bits per heavy atom. The van der Waals surface area contributed by atoms with Gasteiger partial charge in [0.25, 0.3) is 0 Å². The van der Waals surface area contributed by atoms with Crippen molar-refractivity contribution in [2.24, 2.45) is 0 Å². The zero-order valence-electron chi connectivity index (χ0n) is 8.10. The lowest BCUT2D eigenvalue weighted by molar-refractivity contribution is 0.465. The standard InChI is InChI=1S/C11H21N/c1-2-4-6-8-11-10-12(11)9-7-5-3-1/h11H,1-10H2. The van der Waals surface area contributed by atoms with Gasteiger partial charge in [0.05, 0.1) is 0 Å². The molecule has 70 valence electrons. The van der Waals surface area contributed by atoms with Crippen LogP contribution in [0.4, 0.5) is 0 Å². The minimum Gasteiger partial charge on any atom is -0.298 e. The van der Waals surface area contributed by atoms with Crippen LogP contribution in [0.2, 0.25) is 0 Å². The highest BCUT2D eigenvalue weighted by Crippen LogP contribution is 2.25. The summed E-state index contributed by atoms with van der Waals surface area (Å²) in [5, 5.41) is 0. The zero-order chi connectivity index (χ0) is 8.23. The Labute approximate surface area is 76.1 Å². The summed E-state index contributed by atoms with van der Waals surface area (Å²) < 4.78 is 0. The van der Waals surface area contributed by atoms with Gasteiger partial charge in [-0.25, -0.2) is 0 Å². The second-order valence-electron chi connectivity index (χ2n) is 4.41. The first-order valence-corrected chi connectivity index (χ1v) is 5.71. The molecule has 2 rings (SSSR count). The van der Waals surface area contributed by atoms with Crippen LogP contribution in [-0.2, 0) is 0 Å². The molecular weight excluding hydrogens is 146 g/mol. The molecule has 0 aromatic carbocycles. The molecule has 2 atom stereocenters. The monoisotopic (exact) mass is 167 g/mol. The van der Waals surface area contributed by atoms with Gasteiger partial charge in [-0.15, -0.1) is 0 Å². The van der Waals surface area contributed by atoms with Gasteiger partial charge in [-0.2, -0.15) is 0 Å². The average Bonchev–Trinajstić information content (AvgIpc) is 2.78. The van der Waals surface area contributed by atoms with Crippen LogP contribution in [0.1, 0.15) is 51.4 Å². The minimum atomic E-state index is 1.00. The Balaban J connectivity index is 1.70. The molecule has 0 aromatic rings. The van der Waals surface area contributed by atoms with Crippen LogP contribution in [0.5, 0.6) is 0 Å². The molecule has 0 aliphatic carbocycles. The normalized spacial score (nSPS) is 38.0. The third kappa shape index (κ3) is 2.48. The summed E-state index contributed by atoms with van der Waals surface area (Å²) in [7, 11) is 0. The topological polar surface area (TPSA) is 3.01 Å². The molecule has 0 N–H and O–H groups in total. The number of hydrogen-bond donors (Lipinski definition) is 0. The van der Waals surface area contributed by atoms with Crippen LogP contribution < -0.4 is 0 Å². The maximum Gasteiger partial charge on any atom is 0.0223 e. The smallest absolute Gasteiger partial charge is 0.0223 e. The van der Waals surface area contributed by atoms with E-state index in [2.05, 4.69) is 4.90 Å². The van der Waals surface area contributed by atoms with Crippen LogP contribution in [0, 0.1) is 0 Å². The van der Waals surface area contributed by atoms with Gasteiger partial charge < -0.3 is 0 Å². The fraction of sp³-hybridized carbons (Fsp3) is 1.00. The summed E-state index contributed by atoms with van der Waals surface area (Å²) in [6, 6.07) is 1.00. The molecule has 0 spiro atoms. The number of nitrogens with zero attached hydrogens (tertiary/aromatic N) is 1. The van der Waals surface area contributed by atoms with Gasteiger partial charge in [0.1, 0.15) is 0 Å². The Morgan fingerprint density at radius 1 is 0.750 bits per heavy atom. The van der Waals surface area contributed by atoms with Crippen molar-refractivity contribution in [3.8, 4) is 0 Å². The average molecular weight is 167 g/mol. The van der Waals surface area contributed by atoms with Crippen molar-refractivity contribution in [1.29, 1.82) is 0 Å². The highest BCUT2D eigenvalue weighted by molar-refractivity contribution is 4.88. The lowest BCUT2D eigenvalue weighted by atomic mass is 10.1. The fourth-order valence-electron chi connectivity index (χ4n) is 2.35. The minimum absolute atomic E-state index is 1.00. The van der Waals surface area contributed by atoms with Crippen molar-refractivity contribution in [2.75, 3.05) is 13.1 Å². The van der Waals surface area contributed by atoms with Gasteiger partial charge >= 0.3 is 0 Å². The Hall–Kier alpha value is -0.0400. The third-order valence-corrected chi connectivity index (χ3v) is 3.31. The van der Waals surface area contributed by atoms with E-state index in [1.807, 2.05) is 0 Å². The first kappa shape index (κ1) is 8.55. The molecule has 0 bridgehead atoms. The van der Waals surface area contributed by atoms with Crippen LogP contribution >= 0.6 is 0 Å². The van der Waals surface area contributed by atoms with E-state index in [-0.39, 0.29) is 0 Å². The van der Waals surface area contributed by atoms with Crippen molar-refractivity contribution in [3.05, 3.63) is 0 Å². The molecule has 2 fully saturated rings. The van der Waals surface area contributed by atoms with Gasteiger partial charge in [-0.1, -0.05) is 38.5 Å². The Morgan fingerprint density at radius 2 is 1.42 bits per heavy atom. The Kier molecular flexibility index (Phi) is 3.04. The van der Waals surface area contributed by atoms with Gasteiger partial charge in [0, 0.05) is 12.6 Å². The molecule has 0 radical (unpaired) electrons. The highest BCUT2D eigenvalue weighted by atomic mass is 15.3. The summed E-state index contributed by atoms with van der Waals surface area (Å²) >= 11 is 0. The highest BCUT2D eigenvalue weighted by Gasteiger charge is 2.31. The zero-order valence-corrected chi connectivity index (χ0v) is 8.10. The molecule has 2 unspecified atom stereocenters. The second kappa shape index (κ2) is 4.27. The largest absolute Gasteiger partial charge is 0.298 e.